The molecular formula is C26H23I2N5O5S. The Morgan fingerprint density at radius 3 is 2.44 bits per heavy atom. The fourth-order valence-electron chi connectivity index (χ4n) is 3.63. The lowest BCUT2D eigenvalue weighted by Gasteiger charge is -2.13. The minimum atomic E-state index is -0.346. The van der Waals surface area contributed by atoms with Gasteiger partial charge in [0.1, 0.15) is 5.69 Å². The van der Waals surface area contributed by atoms with Crippen LogP contribution in [0.3, 0.4) is 0 Å². The fourth-order valence-corrected chi connectivity index (χ4v) is 6.28. The Balaban J connectivity index is 1.59. The van der Waals surface area contributed by atoms with Gasteiger partial charge in [0.05, 0.1) is 44.0 Å². The number of nitrogens with one attached hydrogen (secondary N) is 2. The zero-order chi connectivity index (χ0) is 27.9. The first-order chi connectivity index (χ1) is 18.9. The number of hydrazone groups is 1. The van der Waals surface area contributed by atoms with Crippen LogP contribution in [0.5, 0.6) is 23.0 Å². The molecule has 0 atom stereocenters. The van der Waals surface area contributed by atoms with Crippen molar-refractivity contribution in [1.29, 1.82) is 0 Å². The summed E-state index contributed by atoms with van der Waals surface area (Å²) in [7, 11) is 4.66. The molecule has 202 valence electrons. The predicted molar refractivity (Wildman–Crippen MR) is 163 cm³/mol. The topological polar surface area (TPSA) is 125 Å². The summed E-state index contributed by atoms with van der Waals surface area (Å²) in [5, 5.41) is 24.3. The highest BCUT2D eigenvalue weighted by molar-refractivity contribution is 14.1. The number of benzene rings is 3. The molecule has 0 bridgehead atoms. The molecule has 1 amide bonds. The molecule has 39 heavy (non-hydrogen) atoms. The van der Waals surface area contributed by atoms with E-state index in [-0.39, 0.29) is 17.4 Å². The van der Waals surface area contributed by atoms with Crippen LogP contribution in [-0.2, 0) is 4.79 Å². The second-order valence-electron chi connectivity index (χ2n) is 7.83. The molecular weight excluding hydrogens is 748 g/mol. The zero-order valence-corrected chi connectivity index (χ0v) is 26.2. The molecule has 0 radical (unpaired) electrons. The average molecular weight is 771 g/mol. The smallest absolute Gasteiger partial charge is 0.342 e. The van der Waals surface area contributed by atoms with Crippen molar-refractivity contribution in [3.05, 3.63) is 67.3 Å². The number of halogens is 2. The third-order valence-corrected chi connectivity index (χ3v) is 7.75. The molecule has 13 heteroatoms. The molecule has 0 aliphatic rings. The number of rotatable bonds is 10. The van der Waals surface area contributed by atoms with Crippen molar-refractivity contribution < 1.29 is 28.7 Å². The van der Waals surface area contributed by atoms with Gasteiger partial charge >= 0.3 is 5.16 Å². The Morgan fingerprint density at radius 2 is 1.79 bits per heavy atom. The van der Waals surface area contributed by atoms with E-state index in [4.69, 9.17) is 14.2 Å². The molecule has 0 aliphatic carbocycles. The zero-order valence-electron chi connectivity index (χ0n) is 21.0. The fraction of sp³-hybridized carbons (Fsp3) is 0.154. The number of aromatic nitrogens is 3. The van der Waals surface area contributed by atoms with E-state index < -0.39 is 0 Å². The summed E-state index contributed by atoms with van der Waals surface area (Å²) in [5.41, 5.74) is 4.46. The predicted octanol–water partition coefficient (Wildman–Crippen LogP) is 3.90. The molecule has 4 aromatic rings. The molecule has 1 heterocycles. The lowest BCUT2D eigenvalue weighted by Crippen LogP contribution is -2.34. The number of aromatic amines is 1. The van der Waals surface area contributed by atoms with Gasteiger partial charge in [0.25, 0.3) is 11.7 Å². The maximum atomic E-state index is 12.6. The van der Waals surface area contributed by atoms with E-state index in [0.717, 1.165) is 14.8 Å². The van der Waals surface area contributed by atoms with E-state index in [0.29, 0.717) is 37.4 Å². The van der Waals surface area contributed by atoms with Crippen molar-refractivity contribution in [3.63, 3.8) is 0 Å². The van der Waals surface area contributed by atoms with Crippen LogP contribution in [-0.4, -0.2) is 49.4 Å². The number of H-pyrrole nitrogens is 1. The first kappa shape index (κ1) is 28.9. The van der Waals surface area contributed by atoms with Crippen LogP contribution in [0.25, 0.3) is 17.1 Å². The van der Waals surface area contributed by atoms with E-state index >= 15 is 0 Å². The number of carbonyl (C=O) groups is 1. The quantitative estimate of drug-likeness (QED) is 0.0825. The number of carbonyl (C=O) groups excluding carboxylic acids is 1. The van der Waals surface area contributed by atoms with Gasteiger partial charge in [-0.1, -0.05) is 23.9 Å². The minimum absolute atomic E-state index is 0.0395. The Morgan fingerprint density at radius 1 is 1.10 bits per heavy atom. The lowest BCUT2D eigenvalue weighted by molar-refractivity contribution is -0.625. The van der Waals surface area contributed by atoms with Crippen LogP contribution in [0.15, 0.2) is 64.9 Å². The van der Waals surface area contributed by atoms with Crippen molar-refractivity contribution in [2.24, 2.45) is 5.10 Å². The molecule has 0 saturated carbocycles. The maximum Gasteiger partial charge on any atom is 0.342 e. The number of hydrogen-bond donors (Lipinski definition) is 2. The number of thioether (sulfide) groups is 1. The molecule has 3 aromatic carbocycles. The van der Waals surface area contributed by atoms with Gasteiger partial charge in [-0.15, -0.1) is 5.10 Å². The Labute approximate surface area is 256 Å². The first-order valence-electron chi connectivity index (χ1n) is 11.3. The summed E-state index contributed by atoms with van der Waals surface area (Å²) in [6, 6.07) is 16.8. The standard InChI is InChI=1S/C26H23I2N5O5S/c1-36-20-10-15(11-21(37-2)24(20)38-3)25-31-32-26(33(25)18-7-5-4-6-8-18)39-14-22(34)30-29-13-16-9-17(27)12-19(28)23(16)35/h4-13H,14H2,1-3H3,(H2,29,30,34,35). The molecule has 0 unspecified atom stereocenters. The minimum Gasteiger partial charge on any atom is -0.871 e. The molecule has 1 aromatic heterocycles. The molecule has 0 saturated heterocycles. The highest BCUT2D eigenvalue weighted by atomic mass is 127. The van der Waals surface area contributed by atoms with Crippen molar-refractivity contribution in [2.45, 2.75) is 5.16 Å². The molecule has 0 fully saturated rings. The number of nitrogens with zero attached hydrogens (tertiary/aromatic N) is 3. The van der Waals surface area contributed by atoms with Crippen LogP contribution in [0, 0.1) is 7.14 Å². The van der Waals surface area contributed by atoms with Gasteiger partial charge in [0.2, 0.25) is 5.75 Å². The molecule has 4 rings (SSSR count). The number of methoxy groups -OCH3 is 3. The summed E-state index contributed by atoms with van der Waals surface area (Å²) in [5.74, 6) is 1.68. The normalized spacial score (nSPS) is 11.0. The van der Waals surface area contributed by atoms with Crippen molar-refractivity contribution >= 4 is 69.1 Å². The monoisotopic (exact) mass is 771 g/mol. The first-order valence-corrected chi connectivity index (χ1v) is 14.5. The number of para-hydroxylation sites is 1. The lowest BCUT2D eigenvalue weighted by atomic mass is 10.1. The van der Waals surface area contributed by atoms with E-state index in [2.05, 4.69) is 43.3 Å². The number of amides is 1. The van der Waals surface area contributed by atoms with Gasteiger partial charge in [0, 0.05) is 7.14 Å². The molecule has 0 aliphatic heterocycles. The summed E-state index contributed by atoms with van der Waals surface area (Å²) in [4.78, 5) is 12.6. The summed E-state index contributed by atoms with van der Waals surface area (Å²) >= 11 is 5.34. The average Bonchev–Trinajstić information content (AvgIpc) is 3.38. The van der Waals surface area contributed by atoms with E-state index in [9.17, 15) is 9.90 Å². The SMILES string of the molecule is COc1cc(-c2[nH]nc(SCC(=O)NN=Cc3cc(I)cc(I)c3[O-])[n+]2-c2ccccc2)cc(OC)c1OC. The van der Waals surface area contributed by atoms with Gasteiger partial charge in [-0.3, -0.25) is 4.79 Å². The van der Waals surface area contributed by atoms with Gasteiger partial charge in [-0.25, -0.2) is 5.43 Å². The van der Waals surface area contributed by atoms with Gasteiger partial charge in [0.15, 0.2) is 11.5 Å². The summed E-state index contributed by atoms with van der Waals surface area (Å²) < 4.78 is 19.9. The summed E-state index contributed by atoms with van der Waals surface area (Å²) in [6.07, 6.45) is 1.36. The van der Waals surface area contributed by atoms with E-state index in [1.807, 2.05) is 69.6 Å². The second kappa shape index (κ2) is 13.3. The third-order valence-electron chi connectivity index (χ3n) is 5.39. The van der Waals surface area contributed by atoms with E-state index in [1.54, 1.807) is 33.5 Å². The Bertz CT molecular complexity index is 1490. The Kier molecular flexibility index (Phi) is 9.90. The van der Waals surface area contributed by atoms with Crippen molar-refractivity contribution in [2.75, 3.05) is 27.1 Å². The van der Waals surface area contributed by atoms with Gasteiger partial charge < -0.3 is 19.3 Å². The van der Waals surface area contributed by atoms with Crippen molar-refractivity contribution in [1.82, 2.24) is 15.6 Å². The van der Waals surface area contributed by atoms with Crippen LogP contribution in [0.4, 0.5) is 0 Å². The van der Waals surface area contributed by atoms with Crippen LogP contribution in [0.1, 0.15) is 5.56 Å². The second-order valence-corrected chi connectivity index (χ2v) is 11.2. The van der Waals surface area contributed by atoms with Crippen LogP contribution >= 0.6 is 56.9 Å². The molecule has 10 nitrogen and oxygen atoms in total. The highest BCUT2D eigenvalue weighted by Crippen LogP contribution is 2.40. The number of ether oxygens (including phenoxy) is 3. The van der Waals surface area contributed by atoms with Crippen LogP contribution < -0.4 is 29.3 Å². The highest BCUT2D eigenvalue weighted by Gasteiger charge is 2.27. The maximum absolute atomic E-state index is 12.6. The van der Waals surface area contributed by atoms with E-state index in [1.165, 1.54) is 18.0 Å². The third kappa shape index (κ3) is 6.75. The van der Waals surface area contributed by atoms with Gasteiger partial charge in [-0.05, 0) is 98.9 Å². The summed E-state index contributed by atoms with van der Waals surface area (Å²) in [6.45, 7) is 0. The van der Waals surface area contributed by atoms with Gasteiger partial charge in [-0.2, -0.15) is 9.67 Å². The largest absolute Gasteiger partial charge is 0.871 e. The van der Waals surface area contributed by atoms with Crippen molar-refractivity contribution in [3.8, 4) is 40.1 Å². The molecule has 0 spiro atoms. The molecule has 2 N–H and O–H groups in total. The Hall–Kier alpha value is -3.05. The van der Waals surface area contributed by atoms with Crippen LogP contribution in [0.2, 0.25) is 0 Å². The number of hydrogen-bond acceptors (Lipinski definition) is 8.